The molecule has 0 spiro atoms. The van der Waals surface area contributed by atoms with Gasteiger partial charge in [-0.3, -0.25) is 4.79 Å². The lowest BCUT2D eigenvalue weighted by Crippen LogP contribution is -2.13. The summed E-state index contributed by atoms with van der Waals surface area (Å²) < 4.78 is 1.10. The summed E-state index contributed by atoms with van der Waals surface area (Å²) in [6.45, 7) is 8.06. The Labute approximate surface area is 141 Å². The molecule has 0 bridgehead atoms. The van der Waals surface area contributed by atoms with Gasteiger partial charge in [0, 0.05) is 14.2 Å². The van der Waals surface area contributed by atoms with Gasteiger partial charge in [0.05, 0.1) is 11.4 Å². The Balaban J connectivity index is 1.96. The molecular formula is C15H17BrN2OS2. The van der Waals surface area contributed by atoms with E-state index in [0.717, 1.165) is 19.9 Å². The number of aryl methyl sites for hydroxylation is 4. The van der Waals surface area contributed by atoms with Crippen LogP contribution in [0.25, 0.3) is 0 Å². The number of halogens is 1. The molecule has 1 aromatic carbocycles. The van der Waals surface area contributed by atoms with Crippen molar-refractivity contribution < 1.29 is 4.79 Å². The molecule has 2 aromatic rings. The van der Waals surface area contributed by atoms with Crippen LogP contribution in [0.15, 0.2) is 21.5 Å². The van der Waals surface area contributed by atoms with E-state index in [2.05, 4.69) is 52.2 Å². The number of aromatic nitrogens is 1. The van der Waals surface area contributed by atoms with Crippen molar-refractivity contribution in [1.82, 2.24) is 4.98 Å². The first-order valence-corrected chi connectivity index (χ1v) is 9.09. The SMILES string of the molecule is Cc1cc(SCC(=O)Nc2nc(C)c(C)s2)c(C)cc1Br. The van der Waals surface area contributed by atoms with Crippen LogP contribution in [0.4, 0.5) is 5.13 Å². The van der Waals surface area contributed by atoms with Crippen molar-refractivity contribution in [3.8, 4) is 0 Å². The second-order valence-corrected chi connectivity index (χ2v) is 7.94. The smallest absolute Gasteiger partial charge is 0.236 e. The standard InChI is InChI=1S/C15H17BrN2OS2/c1-8-6-13(9(2)5-12(8)16)20-7-14(19)18-15-17-10(3)11(4)21-15/h5-6H,7H2,1-4H3,(H,17,18,19). The number of nitrogens with one attached hydrogen (secondary N) is 1. The third kappa shape index (κ3) is 4.31. The highest BCUT2D eigenvalue weighted by Crippen LogP contribution is 2.28. The summed E-state index contributed by atoms with van der Waals surface area (Å²) >= 11 is 6.58. The molecule has 0 radical (unpaired) electrons. The lowest BCUT2D eigenvalue weighted by molar-refractivity contribution is -0.113. The molecule has 0 saturated carbocycles. The van der Waals surface area contributed by atoms with E-state index in [9.17, 15) is 4.79 Å². The van der Waals surface area contributed by atoms with Crippen LogP contribution >= 0.6 is 39.0 Å². The number of thioether (sulfide) groups is 1. The van der Waals surface area contributed by atoms with Gasteiger partial charge < -0.3 is 5.32 Å². The normalized spacial score (nSPS) is 10.7. The van der Waals surface area contributed by atoms with E-state index >= 15 is 0 Å². The second kappa shape index (κ2) is 6.94. The summed E-state index contributed by atoms with van der Waals surface area (Å²) in [6, 6.07) is 4.19. The average molecular weight is 385 g/mol. The highest BCUT2D eigenvalue weighted by atomic mass is 79.9. The predicted octanol–water partition coefficient (Wildman–Crippen LogP) is 4.87. The molecule has 1 N–H and O–H groups in total. The Morgan fingerprint density at radius 3 is 2.62 bits per heavy atom. The molecule has 2 rings (SSSR count). The van der Waals surface area contributed by atoms with Gasteiger partial charge in [0.15, 0.2) is 5.13 Å². The first kappa shape index (κ1) is 16.5. The van der Waals surface area contributed by atoms with E-state index in [1.165, 1.54) is 22.5 Å². The fraction of sp³-hybridized carbons (Fsp3) is 0.333. The maximum Gasteiger partial charge on any atom is 0.236 e. The Hall–Kier alpha value is -0.850. The molecule has 0 aliphatic carbocycles. The van der Waals surface area contributed by atoms with Crippen LogP contribution in [-0.4, -0.2) is 16.6 Å². The summed E-state index contributed by atoms with van der Waals surface area (Å²) in [5, 5.41) is 3.54. The zero-order chi connectivity index (χ0) is 15.6. The van der Waals surface area contributed by atoms with Gasteiger partial charge in [0.25, 0.3) is 0 Å². The third-order valence-corrected chi connectivity index (χ3v) is 6.09. The minimum Gasteiger partial charge on any atom is -0.301 e. The summed E-state index contributed by atoms with van der Waals surface area (Å²) in [5.74, 6) is 0.369. The number of carbonyl (C=O) groups excluding carboxylic acids is 1. The average Bonchev–Trinajstić information content (AvgIpc) is 2.71. The number of hydrogen-bond acceptors (Lipinski definition) is 4. The number of carbonyl (C=O) groups is 1. The predicted molar refractivity (Wildman–Crippen MR) is 94.6 cm³/mol. The van der Waals surface area contributed by atoms with E-state index in [4.69, 9.17) is 0 Å². The van der Waals surface area contributed by atoms with Crippen LogP contribution in [0.1, 0.15) is 21.7 Å². The van der Waals surface area contributed by atoms with Crippen molar-refractivity contribution in [2.75, 3.05) is 11.1 Å². The Kier molecular flexibility index (Phi) is 5.46. The number of anilines is 1. The van der Waals surface area contributed by atoms with Crippen molar-refractivity contribution in [1.29, 1.82) is 0 Å². The lowest BCUT2D eigenvalue weighted by atomic mass is 10.2. The summed E-state index contributed by atoms with van der Waals surface area (Å²) in [6.07, 6.45) is 0. The number of benzene rings is 1. The summed E-state index contributed by atoms with van der Waals surface area (Å²) in [7, 11) is 0. The molecule has 0 atom stereocenters. The van der Waals surface area contributed by atoms with Crippen molar-refractivity contribution >= 4 is 50.1 Å². The topological polar surface area (TPSA) is 42.0 Å². The fourth-order valence-corrected chi connectivity index (χ4v) is 3.93. The van der Waals surface area contributed by atoms with Crippen LogP contribution in [-0.2, 0) is 4.79 Å². The largest absolute Gasteiger partial charge is 0.301 e. The molecule has 3 nitrogen and oxygen atoms in total. The maximum absolute atomic E-state index is 12.0. The van der Waals surface area contributed by atoms with Crippen molar-refractivity contribution in [3.63, 3.8) is 0 Å². The zero-order valence-electron chi connectivity index (χ0n) is 12.4. The molecule has 112 valence electrons. The number of thiazole rings is 1. The Morgan fingerprint density at radius 2 is 2.00 bits per heavy atom. The van der Waals surface area contributed by atoms with Crippen LogP contribution in [0.2, 0.25) is 0 Å². The second-order valence-electron chi connectivity index (χ2n) is 4.86. The summed E-state index contributed by atoms with van der Waals surface area (Å²) in [5.41, 5.74) is 3.32. The maximum atomic E-state index is 12.0. The number of hydrogen-bond donors (Lipinski definition) is 1. The fourth-order valence-electron chi connectivity index (χ4n) is 1.73. The van der Waals surface area contributed by atoms with Gasteiger partial charge in [-0.15, -0.1) is 23.1 Å². The first-order valence-electron chi connectivity index (χ1n) is 6.50. The quantitative estimate of drug-likeness (QED) is 0.764. The van der Waals surface area contributed by atoms with Gasteiger partial charge in [-0.05, 0) is 51.0 Å². The van der Waals surface area contributed by atoms with Crippen molar-refractivity contribution in [2.45, 2.75) is 32.6 Å². The van der Waals surface area contributed by atoms with Gasteiger partial charge in [0.2, 0.25) is 5.91 Å². The van der Waals surface area contributed by atoms with Crippen LogP contribution in [0, 0.1) is 27.7 Å². The highest BCUT2D eigenvalue weighted by molar-refractivity contribution is 9.10. The van der Waals surface area contributed by atoms with Crippen molar-refractivity contribution in [2.24, 2.45) is 0 Å². The number of rotatable bonds is 4. The summed E-state index contributed by atoms with van der Waals surface area (Å²) in [4.78, 5) is 18.6. The number of amides is 1. The monoisotopic (exact) mass is 384 g/mol. The molecule has 1 aromatic heterocycles. The molecule has 1 heterocycles. The zero-order valence-corrected chi connectivity index (χ0v) is 15.6. The lowest BCUT2D eigenvalue weighted by Gasteiger charge is -2.08. The van der Waals surface area contributed by atoms with Gasteiger partial charge in [-0.1, -0.05) is 15.9 Å². The molecule has 0 aliphatic heterocycles. The van der Waals surface area contributed by atoms with E-state index in [1.807, 2.05) is 13.8 Å². The number of nitrogens with zero attached hydrogens (tertiary/aromatic N) is 1. The molecule has 0 fully saturated rings. The molecular weight excluding hydrogens is 368 g/mol. The molecule has 0 unspecified atom stereocenters. The van der Waals surface area contributed by atoms with E-state index in [-0.39, 0.29) is 5.91 Å². The molecule has 0 aliphatic rings. The Morgan fingerprint density at radius 1 is 1.29 bits per heavy atom. The van der Waals surface area contributed by atoms with Gasteiger partial charge in [-0.2, -0.15) is 0 Å². The van der Waals surface area contributed by atoms with E-state index in [0.29, 0.717) is 10.9 Å². The minimum absolute atomic E-state index is 0.0197. The van der Waals surface area contributed by atoms with Crippen LogP contribution in [0.3, 0.4) is 0 Å². The van der Waals surface area contributed by atoms with Gasteiger partial charge >= 0.3 is 0 Å². The van der Waals surface area contributed by atoms with E-state index in [1.54, 1.807) is 11.8 Å². The molecule has 21 heavy (non-hydrogen) atoms. The third-order valence-electron chi connectivity index (χ3n) is 3.09. The van der Waals surface area contributed by atoms with Gasteiger partial charge in [0.1, 0.15) is 0 Å². The first-order chi connectivity index (χ1) is 9.86. The highest BCUT2D eigenvalue weighted by Gasteiger charge is 2.10. The molecule has 1 amide bonds. The van der Waals surface area contributed by atoms with E-state index < -0.39 is 0 Å². The molecule has 0 saturated heterocycles. The molecule has 6 heteroatoms. The van der Waals surface area contributed by atoms with Gasteiger partial charge in [-0.25, -0.2) is 4.98 Å². The van der Waals surface area contributed by atoms with Crippen LogP contribution < -0.4 is 5.32 Å². The van der Waals surface area contributed by atoms with Crippen LogP contribution in [0.5, 0.6) is 0 Å². The minimum atomic E-state index is -0.0197. The van der Waals surface area contributed by atoms with Crippen molar-refractivity contribution in [3.05, 3.63) is 38.3 Å². The Bertz CT molecular complexity index is 663.